The predicted molar refractivity (Wildman–Crippen MR) is 106 cm³/mol. The van der Waals surface area contributed by atoms with Crippen molar-refractivity contribution < 1.29 is 24.2 Å². The number of aromatic amines is 1. The van der Waals surface area contributed by atoms with E-state index in [1.807, 2.05) is 18.2 Å². The van der Waals surface area contributed by atoms with Crippen LogP contribution in [-0.2, 0) is 9.53 Å². The van der Waals surface area contributed by atoms with Crippen LogP contribution in [0, 0.1) is 0 Å². The van der Waals surface area contributed by atoms with Crippen molar-refractivity contribution in [3.05, 3.63) is 52.2 Å². The number of likely N-dealkylation sites (tertiary alicyclic amines) is 1. The van der Waals surface area contributed by atoms with Crippen molar-refractivity contribution in [2.45, 2.75) is 18.9 Å². The first-order valence-electron chi connectivity index (χ1n) is 9.59. The highest BCUT2D eigenvalue weighted by atomic mass is 16.5. The second kappa shape index (κ2) is 9.88. The lowest BCUT2D eigenvalue weighted by Gasteiger charge is -2.24. The molecule has 2 heterocycles. The SMILES string of the molecule is COCCNC(=O)c1nc([C@@H]2CCCN2C(=O)COc2ccccc2)[nH]c(=O)c1O. The van der Waals surface area contributed by atoms with Gasteiger partial charge in [-0.1, -0.05) is 18.2 Å². The zero-order valence-corrected chi connectivity index (χ0v) is 16.6. The molecule has 0 aliphatic carbocycles. The molecule has 2 aromatic rings. The Morgan fingerprint density at radius 3 is 2.83 bits per heavy atom. The number of amides is 2. The number of nitrogens with one attached hydrogen (secondary N) is 2. The Hall–Kier alpha value is -3.40. The summed E-state index contributed by atoms with van der Waals surface area (Å²) < 4.78 is 10.4. The Balaban J connectivity index is 1.75. The first-order valence-corrected chi connectivity index (χ1v) is 9.59. The zero-order valence-electron chi connectivity index (χ0n) is 16.6. The molecular formula is C20H24N4O6. The maximum absolute atomic E-state index is 12.7. The molecule has 2 amide bonds. The summed E-state index contributed by atoms with van der Waals surface area (Å²) in [5.41, 5.74) is -1.22. The van der Waals surface area contributed by atoms with Crippen molar-refractivity contribution >= 4 is 11.8 Å². The molecule has 1 aromatic heterocycles. The van der Waals surface area contributed by atoms with Crippen molar-refractivity contribution in [1.29, 1.82) is 0 Å². The molecule has 1 fully saturated rings. The third kappa shape index (κ3) is 4.95. The molecular weight excluding hydrogens is 392 g/mol. The normalized spacial score (nSPS) is 15.8. The lowest BCUT2D eigenvalue weighted by molar-refractivity contribution is -0.134. The highest BCUT2D eigenvalue weighted by molar-refractivity contribution is 5.94. The summed E-state index contributed by atoms with van der Waals surface area (Å²) in [6.45, 7) is 0.785. The quantitative estimate of drug-likeness (QED) is 0.536. The van der Waals surface area contributed by atoms with Crippen LogP contribution in [0.4, 0.5) is 0 Å². The van der Waals surface area contributed by atoms with E-state index >= 15 is 0 Å². The number of hydrogen-bond acceptors (Lipinski definition) is 7. The number of carbonyl (C=O) groups excluding carboxylic acids is 2. The highest BCUT2D eigenvalue weighted by Crippen LogP contribution is 2.30. The number of H-pyrrole nitrogens is 1. The van der Waals surface area contributed by atoms with Gasteiger partial charge in [-0.15, -0.1) is 0 Å². The second-order valence-corrected chi connectivity index (χ2v) is 6.74. The minimum absolute atomic E-state index is 0.153. The molecule has 0 spiro atoms. The number of aromatic hydroxyl groups is 1. The summed E-state index contributed by atoms with van der Waals surface area (Å²) in [6.07, 6.45) is 1.28. The molecule has 3 N–H and O–H groups in total. The van der Waals surface area contributed by atoms with E-state index < -0.39 is 23.3 Å². The fourth-order valence-electron chi connectivity index (χ4n) is 3.25. The van der Waals surface area contributed by atoms with Crippen LogP contribution in [0.15, 0.2) is 35.1 Å². The monoisotopic (exact) mass is 416 g/mol. The number of para-hydroxylation sites is 1. The lowest BCUT2D eigenvalue weighted by atomic mass is 10.2. The summed E-state index contributed by atoms with van der Waals surface area (Å²) in [5.74, 6) is -0.992. The van der Waals surface area contributed by atoms with E-state index in [2.05, 4.69) is 15.3 Å². The Bertz CT molecular complexity index is 946. The van der Waals surface area contributed by atoms with Crippen LogP contribution in [-0.4, -0.2) is 65.2 Å². The smallest absolute Gasteiger partial charge is 0.294 e. The number of methoxy groups -OCH3 is 1. The molecule has 0 bridgehead atoms. The standard InChI is InChI=1S/C20H24N4O6/c1-29-11-9-21-19(27)16-17(26)20(28)23-18(22-16)14-8-5-10-24(14)15(25)12-30-13-6-3-2-4-7-13/h2-4,6-7,14,26H,5,8-12H2,1H3,(H,21,27)(H,22,23,28)/t14-/m0/s1. The first-order chi connectivity index (χ1) is 14.5. The zero-order chi connectivity index (χ0) is 21.5. The Morgan fingerprint density at radius 2 is 2.10 bits per heavy atom. The van der Waals surface area contributed by atoms with E-state index in [-0.39, 0.29) is 37.2 Å². The van der Waals surface area contributed by atoms with E-state index in [4.69, 9.17) is 9.47 Å². The summed E-state index contributed by atoms with van der Waals surface area (Å²) in [4.78, 5) is 45.3. The van der Waals surface area contributed by atoms with Gasteiger partial charge in [0.25, 0.3) is 17.4 Å². The fourth-order valence-corrected chi connectivity index (χ4v) is 3.25. The summed E-state index contributed by atoms with van der Waals surface area (Å²) in [5, 5.41) is 12.5. The predicted octanol–water partition coefficient (Wildman–Crippen LogP) is 0.594. The number of aromatic nitrogens is 2. The van der Waals surface area contributed by atoms with E-state index in [1.54, 1.807) is 17.0 Å². The number of nitrogens with zero attached hydrogens (tertiary/aromatic N) is 2. The molecule has 1 aliphatic heterocycles. The Kier molecular flexibility index (Phi) is 7.02. The van der Waals surface area contributed by atoms with Gasteiger partial charge in [-0.25, -0.2) is 4.98 Å². The summed E-state index contributed by atoms with van der Waals surface area (Å²) in [7, 11) is 1.49. The van der Waals surface area contributed by atoms with Crippen molar-refractivity contribution in [1.82, 2.24) is 20.2 Å². The van der Waals surface area contributed by atoms with Gasteiger partial charge in [0.15, 0.2) is 12.3 Å². The van der Waals surface area contributed by atoms with Crippen LogP contribution in [0.5, 0.6) is 11.5 Å². The molecule has 1 aliphatic rings. The molecule has 0 saturated carbocycles. The lowest BCUT2D eigenvalue weighted by Crippen LogP contribution is -2.36. The molecule has 30 heavy (non-hydrogen) atoms. The average Bonchev–Trinajstić information content (AvgIpc) is 3.24. The summed E-state index contributed by atoms with van der Waals surface area (Å²) >= 11 is 0. The highest BCUT2D eigenvalue weighted by Gasteiger charge is 2.33. The molecule has 3 rings (SSSR count). The number of hydrogen-bond donors (Lipinski definition) is 3. The molecule has 0 radical (unpaired) electrons. The van der Waals surface area contributed by atoms with E-state index in [0.717, 1.165) is 0 Å². The van der Waals surface area contributed by atoms with Crippen LogP contribution in [0.25, 0.3) is 0 Å². The van der Waals surface area contributed by atoms with Gasteiger partial charge >= 0.3 is 0 Å². The van der Waals surface area contributed by atoms with Gasteiger partial charge in [0, 0.05) is 20.2 Å². The van der Waals surface area contributed by atoms with Crippen molar-refractivity contribution in [2.24, 2.45) is 0 Å². The van der Waals surface area contributed by atoms with E-state index in [9.17, 15) is 19.5 Å². The van der Waals surface area contributed by atoms with Gasteiger partial charge in [0.1, 0.15) is 11.6 Å². The second-order valence-electron chi connectivity index (χ2n) is 6.74. The van der Waals surface area contributed by atoms with E-state index in [0.29, 0.717) is 25.1 Å². The van der Waals surface area contributed by atoms with Crippen LogP contribution < -0.4 is 15.6 Å². The van der Waals surface area contributed by atoms with Gasteiger partial charge in [0.05, 0.1) is 12.6 Å². The number of ether oxygens (including phenoxy) is 2. The number of benzene rings is 1. The van der Waals surface area contributed by atoms with Gasteiger partial charge < -0.3 is 29.8 Å². The van der Waals surface area contributed by atoms with Crippen molar-refractivity contribution in [3.8, 4) is 11.5 Å². The molecule has 1 saturated heterocycles. The van der Waals surface area contributed by atoms with Crippen LogP contribution >= 0.6 is 0 Å². The molecule has 1 atom stereocenters. The van der Waals surface area contributed by atoms with Crippen molar-refractivity contribution in [2.75, 3.05) is 33.4 Å². The fraction of sp³-hybridized carbons (Fsp3) is 0.400. The van der Waals surface area contributed by atoms with Crippen molar-refractivity contribution in [3.63, 3.8) is 0 Å². The van der Waals surface area contributed by atoms with Gasteiger partial charge in [0.2, 0.25) is 5.75 Å². The third-order valence-electron chi connectivity index (χ3n) is 4.71. The topological polar surface area (TPSA) is 134 Å². The Morgan fingerprint density at radius 1 is 1.33 bits per heavy atom. The molecule has 10 heteroatoms. The largest absolute Gasteiger partial charge is 0.501 e. The van der Waals surface area contributed by atoms with E-state index in [1.165, 1.54) is 7.11 Å². The molecule has 0 unspecified atom stereocenters. The van der Waals surface area contributed by atoms with Crippen LogP contribution in [0.1, 0.15) is 35.2 Å². The van der Waals surface area contributed by atoms with Crippen LogP contribution in [0.3, 0.4) is 0 Å². The third-order valence-corrected chi connectivity index (χ3v) is 4.71. The van der Waals surface area contributed by atoms with Gasteiger partial charge in [-0.3, -0.25) is 14.4 Å². The molecule has 10 nitrogen and oxygen atoms in total. The van der Waals surface area contributed by atoms with Crippen LogP contribution in [0.2, 0.25) is 0 Å². The number of rotatable bonds is 8. The average molecular weight is 416 g/mol. The summed E-state index contributed by atoms with van der Waals surface area (Å²) in [6, 6.07) is 8.45. The first kappa shape index (κ1) is 21.3. The molecule has 1 aromatic carbocycles. The Labute approximate surface area is 172 Å². The maximum Gasteiger partial charge on any atom is 0.294 e. The molecule has 160 valence electrons. The minimum Gasteiger partial charge on any atom is -0.501 e. The van der Waals surface area contributed by atoms with Gasteiger partial charge in [-0.2, -0.15) is 0 Å². The number of carbonyl (C=O) groups is 2. The minimum atomic E-state index is -0.836. The van der Waals surface area contributed by atoms with Gasteiger partial charge in [-0.05, 0) is 25.0 Å². The maximum atomic E-state index is 12.7.